The lowest BCUT2D eigenvalue weighted by atomic mass is 9.88. The Hall–Kier alpha value is -4.15. The third-order valence-corrected chi connectivity index (χ3v) is 20.8. The van der Waals surface area contributed by atoms with Crippen LogP contribution in [0.3, 0.4) is 0 Å². The maximum atomic E-state index is 17.7. The molecule has 3 aliphatic heterocycles. The Balaban J connectivity index is 1.49. The van der Waals surface area contributed by atoms with Crippen molar-refractivity contribution < 1.29 is 26.7 Å². The fraction of sp³-hybridized carbons (Fsp3) is 0.556. The molecule has 13 heteroatoms. The van der Waals surface area contributed by atoms with Crippen molar-refractivity contribution in [3.8, 4) is 22.7 Å². The van der Waals surface area contributed by atoms with Gasteiger partial charge in [0.1, 0.15) is 36.5 Å². The molecule has 0 saturated carbocycles. The molecule has 7 rings (SSSR count). The molecule has 0 spiro atoms. The molecule has 2 saturated heterocycles. The summed E-state index contributed by atoms with van der Waals surface area (Å²) < 4.78 is 67.0. The molecule has 2 fully saturated rings. The number of halogens is 2. The van der Waals surface area contributed by atoms with Crippen molar-refractivity contribution in [1.82, 2.24) is 19.9 Å². The average Bonchev–Trinajstić information content (AvgIpc) is 3.48. The van der Waals surface area contributed by atoms with E-state index < -0.39 is 40.3 Å². The van der Waals surface area contributed by atoms with Crippen LogP contribution >= 0.6 is 0 Å². The Morgan fingerprint density at radius 2 is 1.60 bits per heavy atom. The molecule has 58 heavy (non-hydrogen) atoms. The maximum absolute atomic E-state index is 17.7. The first-order valence-electron chi connectivity index (χ1n) is 20.9. The molecular formula is C45H57F2N5O4SSi. The first kappa shape index (κ1) is 42.0. The molecular weight excluding hydrogens is 773 g/mol. The maximum Gasteiger partial charge on any atom is 0.410 e. The highest BCUT2D eigenvalue weighted by molar-refractivity contribution is 7.91. The highest BCUT2D eigenvalue weighted by Gasteiger charge is 2.51. The number of hydrogen-bond acceptors (Lipinski definition) is 8. The molecule has 4 atom stereocenters. The lowest BCUT2D eigenvalue weighted by Crippen LogP contribution is -2.62. The Morgan fingerprint density at radius 1 is 0.931 bits per heavy atom. The van der Waals surface area contributed by atoms with E-state index in [4.69, 9.17) is 14.7 Å². The monoisotopic (exact) mass is 829 g/mol. The van der Waals surface area contributed by atoms with E-state index in [1.807, 2.05) is 38.7 Å². The van der Waals surface area contributed by atoms with Crippen molar-refractivity contribution in [1.29, 1.82) is 0 Å². The van der Waals surface area contributed by atoms with Crippen LogP contribution in [0, 0.1) is 23.1 Å². The predicted molar refractivity (Wildman–Crippen MR) is 230 cm³/mol. The van der Waals surface area contributed by atoms with Crippen LogP contribution in [-0.4, -0.2) is 78.5 Å². The number of benzene rings is 2. The van der Waals surface area contributed by atoms with Crippen LogP contribution in [0.15, 0.2) is 35.5 Å². The molecule has 0 N–H and O–H groups in total. The Bertz CT molecular complexity index is 2450. The summed E-state index contributed by atoms with van der Waals surface area (Å²) in [5.41, 5.74) is 4.88. The molecule has 0 unspecified atom stereocenters. The minimum Gasteiger partial charge on any atom is -0.444 e. The number of carbonyl (C=O) groups excluding carboxylic acids is 1. The van der Waals surface area contributed by atoms with Crippen molar-refractivity contribution in [2.75, 3.05) is 17.2 Å². The average molecular weight is 830 g/mol. The van der Waals surface area contributed by atoms with Gasteiger partial charge in [0, 0.05) is 17.5 Å². The van der Waals surface area contributed by atoms with E-state index in [0.29, 0.717) is 69.2 Å². The smallest absolute Gasteiger partial charge is 0.410 e. The molecule has 3 aliphatic rings. The summed E-state index contributed by atoms with van der Waals surface area (Å²) in [5.74, 6) is 1.84. The number of fused-ring (bicyclic) bond motifs is 6. The SMILES string of the molecule is CCS(=O)(=O)c1nc2c3c(nc(-c4cccc5ccc(F)c(C#C[Si](C(C)C)(C(C)C)C(C)C)c45)c(F)c3n1)[C@H](C)CC[C@@H]1[C@@H]3CC[C@H](CN21)N3C(=O)OC(C)(C)C. The zero-order chi connectivity index (χ0) is 42.2. The Kier molecular flexibility index (Phi) is 11.0. The second kappa shape index (κ2) is 15.1. The van der Waals surface area contributed by atoms with Gasteiger partial charge in [0.25, 0.3) is 0 Å². The first-order valence-corrected chi connectivity index (χ1v) is 24.8. The summed E-state index contributed by atoms with van der Waals surface area (Å²) in [6.07, 6.45) is 2.44. The molecule has 310 valence electrons. The lowest BCUT2D eigenvalue weighted by Gasteiger charge is -2.48. The van der Waals surface area contributed by atoms with Gasteiger partial charge >= 0.3 is 6.09 Å². The fourth-order valence-corrected chi connectivity index (χ4v) is 16.2. The number of amides is 1. The summed E-state index contributed by atoms with van der Waals surface area (Å²) in [7, 11) is -6.30. The first-order chi connectivity index (χ1) is 27.2. The van der Waals surface area contributed by atoms with E-state index in [9.17, 15) is 13.2 Å². The van der Waals surface area contributed by atoms with Gasteiger partial charge in [-0.25, -0.2) is 36.9 Å². The van der Waals surface area contributed by atoms with Gasteiger partial charge in [-0.15, -0.1) is 5.54 Å². The van der Waals surface area contributed by atoms with Crippen molar-refractivity contribution in [3.05, 3.63) is 53.2 Å². The van der Waals surface area contributed by atoms with Gasteiger partial charge in [-0.05, 0) is 80.4 Å². The predicted octanol–water partition coefficient (Wildman–Crippen LogP) is 10.3. The van der Waals surface area contributed by atoms with Crippen molar-refractivity contribution in [2.24, 2.45) is 0 Å². The summed E-state index contributed by atoms with van der Waals surface area (Å²) in [5, 5.41) is 1.05. The van der Waals surface area contributed by atoms with Gasteiger partial charge in [0.2, 0.25) is 15.0 Å². The highest BCUT2D eigenvalue weighted by atomic mass is 32.2. The Labute approximate surface area is 343 Å². The molecule has 4 aromatic rings. The normalized spacial score (nSPS) is 21.0. The number of pyridine rings is 1. The number of nitrogens with zero attached hydrogens (tertiary/aromatic N) is 5. The van der Waals surface area contributed by atoms with Crippen LogP contribution in [0.4, 0.5) is 19.4 Å². The van der Waals surface area contributed by atoms with Crippen LogP contribution in [0.1, 0.15) is 119 Å². The van der Waals surface area contributed by atoms with E-state index in [0.717, 1.165) is 12.8 Å². The fourth-order valence-electron chi connectivity index (χ4n) is 10.2. The molecule has 1 amide bonds. The van der Waals surface area contributed by atoms with E-state index in [2.05, 4.69) is 62.9 Å². The zero-order valence-electron chi connectivity index (χ0n) is 35.7. The highest BCUT2D eigenvalue weighted by Crippen LogP contribution is 2.47. The number of aromatic nitrogens is 3. The number of anilines is 1. The van der Waals surface area contributed by atoms with Crippen LogP contribution in [0.2, 0.25) is 16.6 Å². The molecule has 2 bridgehead atoms. The van der Waals surface area contributed by atoms with E-state index in [1.54, 1.807) is 18.2 Å². The number of hydrogen-bond donors (Lipinski definition) is 0. The molecule has 0 radical (unpaired) electrons. The number of ether oxygens (including phenoxy) is 1. The second-order valence-corrected chi connectivity index (χ2v) is 26.2. The van der Waals surface area contributed by atoms with Crippen LogP contribution in [0.5, 0.6) is 0 Å². The second-order valence-electron chi connectivity index (χ2n) is 18.5. The number of piperazine rings is 1. The molecule has 2 aromatic heterocycles. The van der Waals surface area contributed by atoms with Crippen LogP contribution in [0.25, 0.3) is 32.9 Å². The molecule has 5 heterocycles. The van der Waals surface area contributed by atoms with Gasteiger partial charge < -0.3 is 9.64 Å². The van der Waals surface area contributed by atoms with Crippen molar-refractivity contribution >= 4 is 51.5 Å². The number of sulfone groups is 1. The summed E-state index contributed by atoms with van der Waals surface area (Å²) in [4.78, 5) is 31.9. The lowest BCUT2D eigenvalue weighted by molar-refractivity contribution is 0.00693. The van der Waals surface area contributed by atoms with Gasteiger partial charge in [-0.2, -0.15) is 0 Å². The quantitative estimate of drug-likeness (QED) is 0.107. The largest absolute Gasteiger partial charge is 0.444 e. The van der Waals surface area contributed by atoms with Crippen molar-refractivity contribution in [2.45, 2.75) is 153 Å². The van der Waals surface area contributed by atoms with E-state index in [1.165, 1.54) is 13.0 Å². The summed E-state index contributed by atoms with van der Waals surface area (Å²) in [6, 6.07) is 7.84. The zero-order valence-corrected chi connectivity index (χ0v) is 37.5. The van der Waals surface area contributed by atoms with Gasteiger partial charge in [0.15, 0.2) is 5.82 Å². The van der Waals surface area contributed by atoms with Gasteiger partial charge in [-0.3, -0.25) is 4.90 Å². The third kappa shape index (κ3) is 6.95. The van der Waals surface area contributed by atoms with Crippen molar-refractivity contribution in [3.63, 3.8) is 0 Å². The van der Waals surface area contributed by atoms with Crippen LogP contribution < -0.4 is 4.90 Å². The molecule has 2 aromatic carbocycles. The standard InChI is InChI=1S/C45H57F2N5O4SSi/c1-12-57(54,55)43-49-41-37-39(28(8)16-20-34-35-21-18-30(24-51(34)42(37)50-43)52(35)44(53)56-45(9,10)11)48-40(38(41)47)32-15-13-14-29-17-19-33(46)31(36(29)32)22-23-58(25(2)3,26(4)5)27(6)7/h13-15,17,19,25-28,30,34-35H,12,16,18,20-21,24H2,1-11H3/t28-,30-,34-,35+/m1/s1. The minimum atomic E-state index is -4.01. The van der Waals surface area contributed by atoms with E-state index >= 15 is 8.78 Å². The topological polar surface area (TPSA) is 106 Å². The van der Waals surface area contributed by atoms with Crippen LogP contribution in [-0.2, 0) is 14.6 Å². The molecule has 0 aliphatic carbocycles. The van der Waals surface area contributed by atoms with Gasteiger partial charge in [0.05, 0.1) is 40.5 Å². The van der Waals surface area contributed by atoms with Gasteiger partial charge in [-0.1, -0.05) is 85.6 Å². The Morgan fingerprint density at radius 3 is 2.24 bits per heavy atom. The van der Waals surface area contributed by atoms with E-state index in [-0.39, 0.29) is 52.7 Å². The number of rotatable bonds is 6. The summed E-state index contributed by atoms with van der Waals surface area (Å²) >= 11 is 0. The third-order valence-electron chi connectivity index (χ3n) is 13.0. The minimum absolute atomic E-state index is 0.0369. The number of carbonyl (C=O) groups is 1. The summed E-state index contributed by atoms with van der Waals surface area (Å²) in [6.45, 7) is 22.7. The molecule has 9 nitrogen and oxygen atoms in total.